The van der Waals surface area contributed by atoms with Crippen LogP contribution in [0.4, 0.5) is 11.4 Å². The molecule has 0 aliphatic rings. The molecule has 0 fully saturated rings. The molecule has 0 aliphatic carbocycles. The van der Waals surface area contributed by atoms with Crippen LogP contribution in [0.1, 0.15) is 0 Å². The van der Waals surface area contributed by atoms with Crippen LogP contribution in [0.25, 0.3) is 0 Å². The molecule has 0 unspecified atom stereocenters. The van der Waals surface area contributed by atoms with Gasteiger partial charge in [0, 0.05) is 12.7 Å². The van der Waals surface area contributed by atoms with E-state index in [-0.39, 0.29) is 11.7 Å². The van der Waals surface area contributed by atoms with Gasteiger partial charge in [-0.15, -0.1) is 10.2 Å². The number of aryl methyl sites for hydroxylation is 1. The average molecular weight is 298 g/mol. The van der Waals surface area contributed by atoms with Gasteiger partial charge in [0.05, 0.1) is 16.5 Å². The third-order valence-corrected chi connectivity index (χ3v) is 3.62. The van der Waals surface area contributed by atoms with Gasteiger partial charge in [-0.25, -0.2) is 0 Å². The van der Waals surface area contributed by atoms with Crippen LogP contribution in [-0.4, -0.2) is 26.4 Å². The van der Waals surface area contributed by atoms with Crippen molar-refractivity contribution < 1.29 is 4.79 Å². The third-order valence-electron chi connectivity index (χ3n) is 2.27. The quantitative estimate of drug-likeness (QED) is 0.663. The number of nitrogens with zero attached hydrogens (tertiary/aromatic N) is 3. The lowest BCUT2D eigenvalue weighted by Crippen LogP contribution is -2.14. The number of carbonyl (C=O) groups is 1. The van der Waals surface area contributed by atoms with E-state index in [4.69, 9.17) is 17.3 Å². The predicted molar refractivity (Wildman–Crippen MR) is 76.2 cm³/mol. The van der Waals surface area contributed by atoms with Crippen LogP contribution in [0.15, 0.2) is 29.7 Å². The first-order valence-corrected chi connectivity index (χ1v) is 6.74. The van der Waals surface area contributed by atoms with Gasteiger partial charge in [0.2, 0.25) is 5.91 Å². The molecule has 0 saturated heterocycles. The maximum atomic E-state index is 11.8. The zero-order valence-corrected chi connectivity index (χ0v) is 11.7. The second kappa shape index (κ2) is 5.94. The number of nitrogen functional groups attached to an aromatic ring is 1. The first-order chi connectivity index (χ1) is 9.06. The summed E-state index contributed by atoms with van der Waals surface area (Å²) in [7, 11) is 1.82. The van der Waals surface area contributed by atoms with E-state index in [1.54, 1.807) is 29.1 Å². The van der Waals surface area contributed by atoms with Crippen LogP contribution in [0.3, 0.4) is 0 Å². The van der Waals surface area contributed by atoms with Gasteiger partial charge >= 0.3 is 0 Å². The number of carbonyl (C=O) groups excluding carboxylic acids is 1. The van der Waals surface area contributed by atoms with Crippen molar-refractivity contribution in [2.75, 3.05) is 16.8 Å². The molecule has 3 N–H and O–H groups in total. The molecule has 19 heavy (non-hydrogen) atoms. The Morgan fingerprint density at radius 2 is 2.37 bits per heavy atom. The van der Waals surface area contributed by atoms with Crippen LogP contribution in [0.5, 0.6) is 0 Å². The minimum Gasteiger partial charge on any atom is -0.399 e. The molecule has 1 heterocycles. The Labute approximate surface area is 119 Å². The zero-order chi connectivity index (χ0) is 13.8. The van der Waals surface area contributed by atoms with Crippen molar-refractivity contribution in [3.05, 3.63) is 29.5 Å². The van der Waals surface area contributed by atoms with Gasteiger partial charge in [0.25, 0.3) is 0 Å². The average Bonchev–Trinajstić information content (AvgIpc) is 2.76. The lowest BCUT2D eigenvalue weighted by atomic mass is 10.3. The minimum absolute atomic E-state index is 0.167. The van der Waals surface area contributed by atoms with E-state index in [0.717, 1.165) is 0 Å². The van der Waals surface area contributed by atoms with E-state index in [1.807, 2.05) is 7.05 Å². The molecular formula is C11H12ClN5OS. The molecule has 0 radical (unpaired) electrons. The summed E-state index contributed by atoms with van der Waals surface area (Å²) in [5.74, 6) is 0.0624. The number of anilines is 2. The van der Waals surface area contributed by atoms with Gasteiger partial charge in [-0.05, 0) is 18.2 Å². The van der Waals surface area contributed by atoms with Crippen LogP contribution in [-0.2, 0) is 11.8 Å². The molecule has 0 bridgehead atoms. The Morgan fingerprint density at radius 1 is 1.58 bits per heavy atom. The highest BCUT2D eigenvalue weighted by molar-refractivity contribution is 7.99. The van der Waals surface area contributed by atoms with Gasteiger partial charge in [0.1, 0.15) is 6.33 Å². The van der Waals surface area contributed by atoms with Crippen LogP contribution >= 0.6 is 23.4 Å². The van der Waals surface area contributed by atoms with Crippen molar-refractivity contribution in [2.24, 2.45) is 7.05 Å². The Hall–Kier alpha value is -1.73. The van der Waals surface area contributed by atoms with Gasteiger partial charge in [-0.3, -0.25) is 4.79 Å². The van der Waals surface area contributed by atoms with E-state index in [9.17, 15) is 4.79 Å². The summed E-state index contributed by atoms with van der Waals surface area (Å²) in [6.45, 7) is 0. The summed E-state index contributed by atoms with van der Waals surface area (Å²) in [5, 5.41) is 11.4. The molecular weight excluding hydrogens is 286 g/mol. The number of nitrogens with two attached hydrogens (primary N) is 1. The predicted octanol–water partition coefficient (Wildman–Crippen LogP) is 1.78. The number of thioether (sulfide) groups is 1. The Kier molecular flexibility index (Phi) is 4.28. The fraction of sp³-hybridized carbons (Fsp3) is 0.182. The minimum atomic E-state index is -0.167. The topological polar surface area (TPSA) is 85.8 Å². The Morgan fingerprint density at radius 3 is 3.00 bits per heavy atom. The molecule has 6 nitrogen and oxygen atoms in total. The van der Waals surface area contributed by atoms with Crippen molar-refractivity contribution in [1.82, 2.24) is 14.8 Å². The summed E-state index contributed by atoms with van der Waals surface area (Å²) in [5.41, 5.74) is 6.67. The number of aromatic nitrogens is 3. The summed E-state index contributed by atoms with van der Waals surface area (Å²) < 4.78 is 1.74. The fourth-order valence-electron chi connectivity index (χ4n) is 1.35. The summed E-state index contributed by atoms with van der Waals surface area (Å²) in [6.07, 6.45) is 1.58. The van der Waals surface area contributed by atoms with Gasteiger partial charge in [-0.2, -0.15) is 0 Å². The van der Waals surface area contributed by atoms with Gasteiger partial charge in [-0.1, -0.05) is 23.4 Å². The third kappa shape index (κ3) is 3.62. The zero-order valence-electron chi connectivity index (χ0n) is 10.1. The maximum absolute atomic E-state index is 11.8. The smallest absolute Gasteiger partial charge is 0.234 e. The molecule has 0 aliphatic heterocycles. The second-order valence-corrected chi connectivity index (χ2v) is 5.15. The molecule has 100 valence electrons. The highest BCUT2D eigenvalue weighted by Gasteiger charge is 2.09. The number of rotatable bonds is 4. The van der Waals surface area contributed by atoms with Crippen LogP contribution < -0.4 is 11.1 Å². The largest absolute Gasteiger partial charge is 0.399 e. The molecule has 1 aromatic heterocycles. The van der Waals surface area contributed by atoms with Crippen LogP contribution in [0, 0.1) is 0 Å². The first-order valence-electron chi connectivity index (χ1n) is 5.38. The highest BCUT2D eigenvalue weighted by atomic mass is 35.5. The van der Waals surface area contributed by atoms with E-state index in [2.05, 4.69) is 15.5 Å². The molecule has 2 rings (SSSR count). The van der Waals surface area contributed by atoms with Gasteiger partial charge in [0.15, 0.2) is 5.16 Å². The molecule has 2 aromatic rings. The number of hydrogen-bond donors (Lipinski definition) is 2. The first kappa shape index (κ1) is 13.7. The molecule has 0 saturated carbocycles. The van der Waals surface area contributed by atoms with Gasteiger partial charge < -0.3 is 15.6 Å². The van der Waals surface area contributed by atoms with E-state index < -0.39 is 0 Å². The normalized spacial score (nSPS) is 10.4. The number of amides is 1. The summed E-state index contributed by atoms with van der Waals surface area (Å²) >= 11 is 7.27. The van der Waals surface area contributed by atoms with E-state index >= 15 is 0 Å². The van der Waals surface area contributed by atoms with E-state index in [1.165, 1.54) is 11.8 Å². The second-order valence-electron chi connectivity index (χ2n) is 3.80. The maximum Gasteiger partial charge on any atom is 0.234 e. The lowest BCUT2D eigenvalue weighted by molar-refractivity contribution is -0.113. The molecule has 8 heteroatoms. The van der Waals surface area contributed by atoms with Crippen LogP contribution in [0.2, 0.25) is 5.02 Å². The monoisotopic (exact) mass is 297 g/mol. The summed E-state index contributed by atoms with van der Waals surface area (Å²) in [6, 6.07) is 4.94. The van der Waals surface area contributed by atoms with Crippen molar-refractivity contribution in [3.8, 4) is 0 Å². The van der Waals surface area contributed by atoms with Crippen molar-refractivity contribution in [1.29, 1.82) is 0 Å². The molecule has 0 atom stereocenters. The lowest BCUT2D eigenvalue weighted by Gasteiger charge is -2.07. The number of hydrogen-bond acceptors (Lipinski definition) is 5. The van der Waals surface area contributed by atoms with Crippen molar-refractivity contribution >= 4 is 40.6 Å². The Bertz CT molecular complexity index is 601. The number of benzene rings is 1. The highest BCUT2D eigenvalue weighted by Crippen LogP contribution is 2.24. The van der Waals surface area contributed by atoms with Crippen molar-refractivity contribution in [3.63, 3.8) is 0 Å². The fourth-order valence-corrected chi connectivity index (χ4v) is 2.28. The molecule has 0 spiro atoms. The van der Waals surface area contributed by atoms with Crippen molar-refractivity contribution in [2.45, 2.75) is 5.16 Å². The summed E-state index contributed by atoms with van der Waals surface area (Å²) in [4.78, 5) is 11.8. The standard InChI is InChI=1S/C11H12ClN5OS/c1-17-6-14-16-11(17)19-5-10(18)15-9-3-2-7(13)4-8(9)12/h2-4,6H,5,13H2,1H3,(H,15,18). The SMILES string of the molecule is Cn1cnnc1SCC(=O)Nc1ccc(N)cc1Cl. The van der Waals surface area contributed by atoms with E-state index in [0.29, 0.717) is 21.6 Å². The Balaban J connectivity index is 1.93. The number of nitrogens with one attached hydrogen (secondary N) is 1. The molecule has 1 aromatic carbocycles. The molecule has 1 amide bonds. The number of halogens is 1.